The van der Waals surface area contributed by atoms with E-state index in [0.717, 1.165) is 12.8 Å². The number of amides is 2. The second kappa shape index (κ2) is 5.00. The first-order valence-electron chi connectivity index (χ1n) is 5.29. The molecule has 0 spiro atoms. The third kappa shape index (κ3) is 4.18. The van der Waals surface area contributed by atoms with Crippen LogP contribution >= 0.6 is 0 Å². The lowest BCUT2D eigenvalue weighted by Crippen LogP contribution is -2.45. The molecule has 0 atom stereocenters. The van der Waals surface area contributed by atoms with Crippen LogP contribution in [0.5, 0.6) is 0 Å². The fraction of sp³-hybridized carbons (Fsp3) is 0.800. The number of urea groups is 1. The molecule has 0 aliphatic heterocycles. The lowest BCUT2D eigenvalue weighted by molar-refractivity contribution is -0.137. The van der Waals surface area contributed by atoms with Crippen molar-refractivity contribution in [1.82, 2.24) is 10.2 Å². The maximum atomic E-state index is 11.7. The van der Waals surface area contributed by atoms with Gasteiger partial charge >= 0.3 is 12.0 Å². The largest absolute Gasteiger partial charge is 0.481 e. The molecule has 0 aromatic rings. The Hall–Kier alpha value is -1.26. The van der Waals surface area contributed by atoms with Crippen molar-refractivity contribution in [2.75, 3.05) is 6.54 Å². The highest BCUT2D eigenvalue weighted by Crippen LogP contribution is 2.19. The first-order valence-corrected chi connectivity index (χ1v) is 5.29. The maximum absolute atomic E-state index is 11.7. The second-order valence-corrected chi connectivity index (χ2v) is 4.15. The van der Waals surface area contributed by atoms with Gasteiger partial charge in [-0.25, -0.2) is 4.79 Å². The number of nitrogens with one attached hydrogen (secondary N) is 1. The summed E-state index contributed by atoms with van der Waals surface area (Å²) in [4.78, 5) is 23.7. The summed E-state index contributed by atoms with van der Waals surface area (Å²) in [5, 5.41) is 11.4. The minimum Gasteiger partial charge on any atom is -0.481 e. The molecule has 1 aliphatic carbocycles. The normalized spacial score (nSPS) is 15.1. The lowest BCUT2D eigenvalue weighted by Gasteiger charge is -2.26. The number of nitrogens with zero attached hydrogens (tertiary/aromatic N) is 1. The Bertz CT molecular complexity index is 249. The molecule has 0 aromatic carbocycles. The van der Waals surface area contributed by atoms with E-state index >= 15 is 0 Å². The van der Waals surface area contributed by atoms with E-state index in [2.05, 4.69) is 5.32 Å². The number of carbonyl (C=O) groups excluding carboxylic acids is 1. The Kier molecular flexibility index (Phi) is 3.94. The fourth-order valence-corrected chi connectivity index (χ4v) is 1.30. The Morgan fingerprint density at radius 1 is 1.47 bits per heavy atom. The van der Waals surface area contributed by atoms with Gasteiger partial charge in [-0.05, 0) is 26.7 Å². The van der Waals surface area contributed by atoms with Crippen LogP contribution in [-0.2, 0) is 4.79 Å². The standard InChI is InChI=1S/C10H18N2O3/c1-7(2)12(6-5-9(13)14)10(15)11-8-3-4-8/h7-8H,3-6H2,1-2H3,(H,11,15)(H,13,14). The molecule has 0 radical (unpaired) electrons. The topological polar surface area (TPSA) is 69.6 Å². The average Bonchev–Trinajstić information content (AvgIpc) is 2.87. The van der Waals surface area contributed by atoms with Gasteiger partial charge < -0.3 is 15.3 Å². The molecule has 1 saturated carbocycles. The molecular formula is C10H18N2O3. The van der Waals surface area contributed by atoms with E-state index in [1.807, 2.05) is 13.8 Å². The Morgan fingerprint density at radius 3 is 2.47 bits per heavy atom. The summed E-state index contributed by atoms with van der Waals surface area (Å²) >= 11 is 0. The van der Waals surface area contributed by atoms with Gasteiger partial charge in [0.05, 0.1) is 6.42 Å². The molecular weight excluding hydrogens is 196 g/mol. The van der Waals surface area contributed by atoms with E-state index < -0.39 is 5.97 Å². The van der Waals surface area contributed by atoms with Crippen molar-refractivity contribution in [3.63, 3.8) is 0 Å². The average molecular weight is 214 g/mol. The summed E-state index contributed by atoms with van der Waals surface area (Å²) < 4.78 is 0. The van der Waals surface area contributed by atoms with Crippen molar-refractivity contribution < 1.29 is 14.7 Å². The fourth-order valence-electron chi connectivity index (χ4n) is 1.30. The van der Waals surface area contributed by atoms with Gasteiger partial charge in [-0.1, -0.05) is 0 Å². The summed E-state index contributed by atoms with van der Waals surface area (Å²) in [5.41, 5.74) is 0. The van der Waals surface area contributed by atoms with Crippen molar-refractivity contribution in [3.8, 4) is 0 Å². The lowest BCUT2D eigenvalue weighted by atomic mass is 10.3. The molecule has 86 valence electrons. The van der Waals surface area contributed by atoms with Crippen molar-refractivity contribution in [3.05, 3.63) is 0 Å². The van der Waals surface area contributed by atoms with Gasteiger partial charge in [0.15, 0.2) is 0 Å². The van der Waals surface area contributed by atoms with Crippen LogP contribution in [0.3, 0.4) is 0 Å². The third-order valence-corrected chi connectivity index (χ3v) is 2.36. The van der Waals surface area contributed by atoms with E-state index in [1.165, 1.54) is 0 Å². The van der Waals surface area contributed by atoms with Crippen LogP contribution in [0.1, 0.15) is 33.1 Å². The van der Waals surface area contributed by atoms with Gasteiger partial charge in [-0.3, -0.25) is 4.79 Å². The molecule has 15 heavy (non-hydrogen) atoms. The number of aliphatic carboxylic acids is 1. The zero-order valence-electron chi connectivity index (χ0n) is 9.19. The molecule has 5 heteroatoms. The maximum Gasteiger partial charge on any atom is 0.317 e. The van der Waals surface area contributed by atoms with Crippen molar-refractivity contribution >= 4 is 12.0 Å². The van der Waals surface area contributed by atoms with Gasteiger partial charge in [0.1, 0.15) is 0 Å². The van der Waals surface area contributed by atoms with Crippen LogP contribution in [0.15, 0.2) is 0 Å². The van der Waals surface area contributed by atoms with Crippen molar-refractivity contribution in [1.29, 1.82) is 0 Å². The van der Waals surface area contributed by atoms with Crippen LogP contribution in [0.4, 0.5) is 4.79 Å². The number of carboxylic acids is 1. The SMILES string of the molecule is CC(C)N(CCC(=O)O)C(=O)NC1CC1. The number of hydrogen-bond donors (Lipinski definition) is 2. The van der Waals surface area contributed by atoms with Crippen LogP contribution < -0.4 is 5.32 Å². The molecule has 0 unspecified atom stereocenters. The predicted octanol–water partition coefficient (Wildman–Crippen LogP) is 1.04. The predicted molar refractivity (Wildman–Crippen MR) is 55.6 cm³/mol. The summed E-state index contributed by atoms with van der Waals surface area (Å²) in [6.45, 7) is 4.04. The van der Waals surface area contributed by atoms with Crippen LogP contribution in [0, 0.1) is 0 Å². The van der Waals surface area contributed by atoms with Crippen LogP contribution in [-0.4, -0.2) is 40.6 Å². The van der Waals surface area contributed by atoms with E-state index in [4.69, 9.17) is 5.11 Å². The summed E-state index contributed by atoms with van der Waals surface area (Å²) in [6, 6.07) is 0.195. The van der Waals surface area contributed by atoms with E-state index in [-0.39, 0.29) is 25.0 Å². The van der Waals surface area contributed by atoms with Gasteiger partial charge in [-0.2, -0.15) is 0 Å². The van der Waals surface area contributed by atoms with Gasteiger partial charge in [0.25, 0.3) is 0 Å². The monoisotopic (exact) mass is 214 g/mol. The van der Waals surface area contributed by atoms with Gasteiger partial charge in [0.2, 0.25) is 0 Å². The van der Waals surface area contributed by atoms with Crippen molar-refractivity contribution in [2.24, 2.45) is 0 Å². The van der Waals surface area contributed by atoms with Crippen LogP contribution in [0.25, 0.3) is 0 Å². The number of carboxylic acid groups (broad SMARTS) is 1. The minimum absolute atomic E-state index is 0.00370. The molecule has 0 saturated heterocycles. The second-order valence-electron chi connectivity index (χ2n) is 4.15. The summed E-state index contributed by atoms with van der Waals surface area (Å²) in [7, 11) is 0. The quantitative estimate of drug-likeness (QED) is 0.718. The van der Waals surface area contributed by atoms with Crippen molar-refractivity contribution in [2.45, 2.75) is 45.2 Å². The minimum atomic E-state index is -0.875. The Labute approximate surface area is 89.4 Å². The van der Waals surface area contributed by atoms with Crippen LogP contribution in [0.2, 0.25) is 0 Å². The molecule has 1 rings (SSSR count). The third-order valence-electron chi connectivity index (χ3n) is 2.36. The van der Waals surface area contributed by atoms with E-state index in [0.29, 0.717) is 6.04 Å². The van der Waals surface area contributed by atoms with E-state index in [1.54, 1.807) is 4.90 Å². The molecule has 2 N–H and O–H groups in total. The summed E-state index contributed by atoms with van der Waals surface area (Å²) in [6.07, 6.45) is 2.07. The zero-order chi connectivity index (χ0) is 11.4. The molecule has 0 heterocycles. The highest BCUT2D eigenvalue weighted by Gasteiger charge is 2.26. The molecule has 0 aromatic heterocycles. The molecule has 5 nitrogen and oxygen atoms in total. The first-order chi connectivity index (χ1) is 7.00. The summed E-state index contributed by atoms with van der Waals surface area (Å²) in [5.74, 6) is -0.875. The van der Waals surface area contributed by atoms with Gasteiger partial charge in [-0.15, -0.1) is 0 Å². The van der Waals surface area contributed by atoms with E-state index in [9.17, 15) is 9.59 Å². The molecule has 1 fully saturated rings. The number of carbonyl (C=O) groups is 2. The molecule has 2 amide bonds. The highest BCUT2D eigenvalue weighted by atomic mass is 16.4. The highest BCUT2D eigenvalue weighted by molar-refractivity contribution is 5.76. The van der Waals surface area contributed by atoms with Gasteiger partial charge in [0, 0.05) is 18.6 Å². The first kappa shape index (κ1) is 11.8. The number of hydrogen-bond acceptors (Lipinski definition) is 2. The number of rotatable bonds is 5. The molecule has 1 aliphatic rings. The Balaban J connectivity index is 2.40. The zero-order valence-corrected chi connectivity index (χ0v) is 9.19. The molecule has 0 bridgehead atoms. The smallest absolute Gasteiger partial charge is 0.317 e. The Morgan fingerprint density at radius 2 is 2.07 bits per heavy atom.